The number of methoxy groups -OCH3 is 1. The number of aromatic nitrogens is 1. The van der Waals surface area contributed by atoms with Crippen LogP contribution in [0, 0.1) is 0 Å². The van der Waals surface area contributed by atoms with Gasteiger partial charge in [-0.15, -0.1) is 0 Å². The third-order valence-corrected chi connectivity index (χ3v) is 3.94. The number of amides is 1. The molecule has 0 saturated carbocycles. The monoisotopic (exact) mass is 306 g/mol. The van der Waals surface area contributed by atoms with Crippen LogP contribution in [0.5, 0.6) is 0 Å². The SMILES string of the molecule is CCN1CCN(C(=O)c2cc(NCCCOC)ccn2)CC1. The van der Waals surface area contributed by atoms with E-state index in [1.807, 2.05) is 17.0 Å². The van der Waals surface area contributed by atoms with Crippen LogP contribution >= 0.6 is 0 Å². The molecule has 0 spiro atoms. The average Bonchev–Trinajstić information content (AvgIpc) is 2.58. The molecule has 1 N–H and O–H groups in total. The minimum Gasteiger partial charge on any atom is -0.385 e. The minimum atomic E-state index is 0.0243. The molecule has 1 aromatic heterocycles. The molecule has 1 saturated heterocycles. The second-order valence-corrected chi connectivity index (χ2v) is 5.43. The van der Waals surface area contributed by atoms with Crippen molar-refractivity contribution >= 4 is 11.6 Å². The fraction of sp³-hybridized carbons (Fsp3) is 0.625. The highest BCUT2D eigenvalue weighted by Gasteiger charge is 2.22. The third-order valence-electron chi connectivity index (χ3n) is 3.94. The van der Waals surface area contributed by atoms with Gasteiger partial charge in [-0.1, -0.05) is 6.92 Å². The van der Waals surface area contributed by atoms with E-state index in [1.54, 1.807) is 13.3 Å². The van der Waals surface area contributed by atoms with Gasteiger partial charge < -0.3 is 19.9 Å². The Morgan fingerprint density at radius 2 is 2.14 bits per heavy atom. The van der Waals surface area contributed by atoms with Crippen molar-refractivity contribution < 1.29 is 9.53 Å². The number of nitrogens with zero attached hydrogens (tertiary/aromatic N) is 3. The van der Waals surface area contributed by atoms with Gasteiger partial charge in [-0.25, -0.2) is 0 Å². The number of carbonyl (C=O) groups excluding carboxylic acids is 1. The van der Waals surface area contributed by atoms with E-state index in [1.165, 1.54) is 0 Å². The van der Waals surface area contributed by atoms with Crippen molar-refractivity contribution in [3.8, 4) is 0 Å². The molecule has 0 aromatic carbocycles. The molecule has 6 heteroatoms. The number of ether oxygens (including phenoxy) is 1. The molecule has 0 radical (unpaired) electrons. The molecule has 1 aliphatic heterocycles. The fourth-order valence-corrected chi connectivity index (χ4v) is 2.54. The maximum atomic E-state index is 12.5. The van der Waals surface area contributed by atoms with E-state index >= 15 is 0 Å². The number of carbonyl (C=O) groups is 1. The molecule has 0 unspecified atom stereocenters. The molecule has 2 rings (SSSR count). The molecule has 122 valence electrons. The number of nitrogens with one attached hydrogen (secondary N) is 1. The number of hydrogen-bond donors (Lipinski definition) is 1. The van der Waals surface area contributed by atoms with Gasteiger partial charge in [-0.2, -0.15) is 0 Å². The topological polar surface area (TPSA) is 57.7 Å². The summed E-state index contributed by atoms with van der Waals surface area (Å²) in [6.07, 6.45) is 2.62. The Morgan fingerprint density at radius 1 is 1.36 bits per heavy atom. The molecule has 1 aromatic rings. The molecule has 1 amide bonds. The standard InChI is InChI=1S/C16H26N4O2/c1-3-19-8-10-20(11-9-19)16(21)15-13-14(5-7-18-15)17-6-4-12-22-2/h5,7,13H,3-4,6,8-12H2,1-2H3,(H,17,18). The summed E-state index contributed by atoms with van der Waals surface area (Å²) >= 11 is 0. The van der Waals surface area contributed by atoms with Gasteiger partial charge >= 0.3 is 0 Å². The van der Waals surface area contributed by atoms with Gasteiger partial charge in [0.1, 0.15) is 5.69 Å². The smallest absolute Gasteiger partial charge is 0.272 e. The van der Waals surface area contributed by atoms with Crippen LogP contribution in [0.1, 0.15) is 23.8 Å². The maximum Gasteiger partial charge on any atom is 0.272 e. The number of piperazine rings is 1. The predicted molar refractivity (Wildman–Crippen MR) is 87.2 cm³/mol. The Labute approximate surface area is 132 Å². The van der Waals surface area contributed by atoms with Gasteiger partial charge in [0.2, 0.25) is 0 Å². The molecule has 0 bridgehead atoms. The highest BCUT2D eigenvalue weighted by molar-refractivity contribution is 5.93. The molecule has 1 aliphatic rings. The van der Waals surface area contributed by atoms with Crippen molar-refractivity contribution in [3.63, 3.8) is 0 Å². The summed E-state index contributed by atoms with van der Waals surface area (Å²) in [4.78, 5) is 21.0. The Bertz CT molecular complexity index is 473. The molecular formula is C16H26N4O2. The van der Waals surface area contributed by atoms with Crippen LogP contribution in [-0.4, -0.2) is 73.7 Å². The second kappa shape index (κ2) is 8.70. The van der Waals surface area contributed by atoms with Crippen molar-refractivity contribution in [1.82, 2.24) is 14.8 Å². The van der Waals surface area contributed by atoms with Gasteiger partial charge in [-0.3, -0.25) is 9.78 Å². The summed E-state index contributed by atoms with van der Waals surface area (Å²) in [6, 6.07) is 3.72. The van der Waals surface area contributed by atoms with Gasteiger partial charge in [0, 0.05) is 58.3 Å². The Hall–Kier alpha value is -1.66. The zero-order valence-corrected chi connectivity index (χ0v) is 13.5. The quantitative estimate of drug-likeness (QED) is 0.770. The summed E-state index contributed by atoms with van der Waals surface area (Å²) in [5, 5.41) is 3.29. The van der Waals surface area contributed by atoms with Crippen LogP contribution in [0.3, 0.4) is 0 Å². The molecule has 6 nitrogen and oxygen atoms in total. The zero-order chi connectivity index (χ0) is 15.8. The lowest BCUT2D eigenvalue weighted by molar-refractivity contribution is 0.0637. The normalized spacial score (nSPS) is 15.8. The molecule has 22 heavy (non-hydrogen) atoms. The van der Waals surface area contributed by atoms with E-state index in [0.29, 0.717) is 5.69 Å². The first-order valence-corrected chi connectivity index (χ1v) is 7.95. The van der Waals surface area contributed by atoms with Crippen molar-refractivity contribution in [2.24, 2.45) is 0 Å². The first-order chi connectivity index (χ1) is 10.7. The van der Waals surface area contributed by atoms with E-state index in [4.69, 9.17) is 4.74 Å². The van der Waals surface area contributed by atoms with Crippen LogP contribution in [-0.2, 0) is 4.74 Å². The van der Waals surface area contributed by atoms with Crippen molar-refractivity contribution in [3.05, 3.63) is 24.0 Å². The second-order valence-electron chi connectivity index (χ2n) is 5.43. The number of pyridine rings is 1. The Kier molecular flexibility index (Phi) is 6.61. The van der Waals surface area contributed by atoms with Crippen LogP contribution in [0.25, 0.3) is 0 Å². The van der Waals surface area contributed by atoms with E-state index < -0.39 is 0 Å². The van der Waals surface area contributed by atoms with E-state index in [-0.39, 0.29) is 5.91 Å². The van der Waals surface area contributed by atoms with Crippen LogP contribution in [0.15, 0.2) is 18.3 Å². The zero-order valence-electron chi connectivity index (χ0n) is 13.5. The van der Waals surface area contributed by atoms with Crippen LogP contribution < -0.4 is 5.32 Å². The summed E-state index contributed by atoms with van der Waals surface area (Å²) in [5.74, 6) is 0.0243. The Balaban J connectivity index is 1.90. The summed E-state index contributed by atoms with van der Waals surface area (Å²) in [7, 11) is 1.70. The molecule has 1 fully saturated rings. The Morgan fingerprint density at radius 3 is 2.82 bits per heavy atom. The third kappa shape index (κ3) is 4.68. The lowest BCUT2D eigenvalue weighted by Gasteiger charge is -2.33. The van der Waals surface area contributed by atoms with Crippen molar-refractivity contribution in [2.45, 2.75) is 13.3 Å². The van der Waals surface area contributed by atoms with Crippen molar-refractivity contribution in [1.29, 1.82) is 0 Å². The van der Waals surface area contributed by atoms with Gasteiger partial charge in [-0.05, 0) is 25.1 Å². The van der Waals surface area contributed by atoms with Gasteiger partial charge in [0.25, 0.3) is 5.91 Å². The molecule has 2 heterocycles. The fourth-order valence-electron chi connectivity index (χ4n) is 2.54. The van der Waals surface area contributed by atoms with Gasteiger partial charge in [0.05, 0.1) is 0 Å². The number of anilines is 1. The predicted octanol–water partition coefficient (Wildman–Crippen LogP) is 1.31. The lowest BCUT2D eigenvalue weighted by atomic mass is 10.2. The summed E-state index contributed by atoms with van der Waals surface area (Å²) in [5.41, 5.74) is 1.45. The van der Waals surface area contributed by atoms with E-state index in [9.17, 15) is 4.79 Å². The first kappa shape index (κ1) is 16.7. The number of likely N-dealkylation sites (N-methyl/N-ethyl adjacent to an activating group) is 1. The number of hydrogen-bond acceptors (Lipinski definition) is 5. The molecular weight excluding hydrogens is 280 g/mol. The highest BCUT2D eigenvalue weighted by atomic mass is 16.5. The van der Waals surface area contributed by atoms with Gasteiger partial charge in [0.15, 0.2) is 0 Å². The van der Waals surface area contributed by atoms with Crippen LogP contribution in [0.2, 0.25) is 0 Å². The lowest BCUT2D eigenvalue weighted by Crippen LogP contribution is -2.48. The largest absolute Gasteiger partial charge is 0.385 e. The molecule has 0 atom stereocenters. The number of rotatable bonds is 7. The minimum absolute atomic E-state index is 0.0243. The first-order valence-electron chi connectivity index (χ1n) is 7.95. The molecule has 0 aliphatic carbocycles. The van der Waals surface area contributed by atoms with Crippen molar-refractivity contribution in [2.75, 3.05) is 58.3 Å². The maximum absolute atomic E-state index is 12.5. The summed E-state index contributed by atoms with van der Waals surface area (Å²) in [6.45, 7) is 8.18. The average molecular weight is 306 g/mol. The summed E-state index contributed by atoms with van der Waals surface area (Å²) < 4.78 is 5.02. The highest BCUT2D eigenvalue weighted by Crippen LogP contribution is 2.12. The van der Waals surface area contributed by atoms with E-state index in [2.05, 4.69) is 22.1 Å². The van der Waals surface area contributed by atoms with E-state index in [0.717, 1.165) is 58.0 Å². The van der Waals surface area contributed by atoms with Crippen LogP contribution in [0.4, 0.5) is 5.69 Å².